The largest absolute Gasteiger partial charge is 0.490 e. The van der Waals surface area contributed by atoms with Gasteiger partial charge >= 0.3 is 5.97 Å². The average Bonchev–Trinajstić information content (AvgIpc) is 3.43. The van der Waals surface area contributed by atoms with Crippen molar-refractivity contribution < 1.29 is 27.5 Å². The third-order valence-corrected chi connectivity index (χ3v) is 7.95. The molecular formula is C22H30N6O6S2. The highest BCUT2D eigenvalue weighted by Gasteiger charge is 2.48. The summed E-state index contributed by atoms with van der Waals surface area (Å²) in [6, 6.07) is 4.06. The van der Waals surface area contributed by atoms with Gasteiger partial charge in [-0.2, -0.15) is 5.11 Å². The van der Waals surface area contributed by atoms with Gasteiger partial charge in [-0.05, 0) is 42.2 Å². The molecule has 0 fully saturated rings. The molecule has 0 aliphatic carbocycles. The van der Waals surface area contributed by atoms with E-state index in [2.05, 4.69) is 25.7 Å². The minimum absolute atomic E-state index is 0.0750. The van der Waals surface area contributed by atoms with Crippen LogP contribution in [0.1, 0.15) is 34.6 Å². The Morgan fingerprint density at radius 1 is 1.19 bits per heavy atom. The van der Waals surface area contributed by atoms with Gasteiger partial charge in [0.05, 0.1) is 29.0 Å². The molecule has 1 aromatic carbocycles. The van der Waals surface area contributed by atoms with Crippen LogP contribution in [0.15, 0.2) is 38.0 Å². The van der Waals surface area contributed by atoms with E-state index in [1.807, 2.05) is 27.7 Å². The molecule has 1 aliphatic heterocycles. The fraction of sp³-hybridized carbons (Fsp3) is 0.545. The number of aromatic nitrogens is 1. The summed E-state index contributed by atoms with van der Waals surface area (Å²) >= 11 is 0.928. The number of nitrogens with two attached hydrogens (primary N) is 1. The molecule has 1 amide bonds. The van der Waals surface area contributed by atoms with Crippen molar-refractivity contribution in [2.45, 2.75) is 50.5 Å². The normalized spacial score (nSPS) is 19.1. The van der Waals surface area contributed by atoms with Gasteiger partial charge in [-0.25, -0.2) is 23.3 Å². The zero-order valence-corrected chi connectivity index (χ0v) is 22.3. The summed E-state index contributed by atoms with van der Waals surface area (Å²) in [6.45, 7) is 9.19. The Labute approximate surface area is 213 Å². The molecule has 14 heteroatoms. The van der Waals surface area contributed by atoms with Crippen molar-refractivity contribution in [2.24, 2.45) is 38.3 Å². The lowest BCUT2D eigenvalue weighted by Crippen LogP contribution is -2.56. The fourth-order valence-electron chi connectivity index (χ4n) is 3.93. The zero-order chi connectivity index (χ0) is 26.7. The lowest BCUT2D eigenvalue weighted by molar-refractivity contribution is -0.149. The number of carbonyl (C=O) groups excluding carboxylic acids is 2. The lowest BCUT2D eigenvalue weighted by Gasteiger charge is -2.34. The van der Waals surface area contributed by atoms with Gasteiger partial charge in [0.25, 0.3) is 10.0 Å². The number of nitrogens with zero attached hydrogens (tertiary/aromatic N) is 4. The van der Waals surface area contributed by atoms with E-state index < -0.39 is 39.4 Å². The number of nitrogens with one attached hydrogen (secondary N) is 1. The highest BCUT2D eigenvalue weighted by molar-refractivity contribution is 7.91. The summed E-state index contributed by atoms with van der Waals surface area (Å²) in [5, 5.41) is 19.9. The van der Waals surface area contributed by atoms with Gasteiger partial charge in [-0.1, -0.05) is 27.7 Å². The molecule has 3 unspecified atom stereocenters. The Morgan fingerprint density at radius 3 is 2.47 bits per heavy atom. The molecule has 196 valence electrons. The predicted octanol–water partition coefficient (Wildman–Crippen LogP) is 2.49. The molecule has 2 heterocycles. The van der Waals surface area contributed by atoms with Crippen LogP contribution in [0.3, 0.4) is 0 Å². The van der Waals surface area contributed by atoms with Crippen LogP contribution in [0.5, 0.6) is 5.75 Å². The second-order valence-electron chi connectivity index (χ2n) is 9.07. The van der Waals surface area contributed by atoms with Crippen LogP contribution in [-0.2, 0) is 24.3 Å². The second-order valence-corrected chi connectivity index (χ2v) is 11.8. The third kappa shape index (κ3) is 6.05. The molecule has 0 spiro atoms. The minimum Gasteiger partial charge on any atom is -0.490 e. The summed E-state index contributed by atoms with van der Waals surface area (Å²) in [5.41, 5.74) is -0.755. The van der Waals surface area contributed by atoms with Gasteiger partial charge in [0.2, 0.25) is 10.2 Å². The standard InChI is InChI=1S/C22H30N6O6S2/c1-6-33-20(30)18(13(4)5)26-19(29)17(12(2)3)22(10-24-28-27-22)11-34-14-7-8-15-16(9-14)35-21(25-15)36(23,31)32/h7-10,12-13,17-18H,6,11H2,1-5H3,(H,26,29)(H2,23,31,32). The number of fused-ring (bicyclic) bond motifs is 1. The molecule has 3 atom stereocenters. The Balaban J connectivity index is 1.85. The number of esters is 1. The fourth-order valence-corrected chi connectivity index (χ4v) is 5.62. The van der Waals surface area contributed by atoms with Gasteiger partial charge in [0, 0.05) is 0 Å². The molecule has 1 aromatic heterocycles. The molecule has 0 saturated carbocycles. The molecule has 36 heavy (non-hydrogen) atoms. The SMILES string of the molecule is CCOC(=O)C(NC(=O)C(C(C)C)C1(COc2ccc3nc(S(N)(=O)=O)sc3c2)C=NN=N1)C(C)C. The maximum atomic E-state index is 13.5. The van der Waals surface area contributed by atoms with Crippen LogP contribution in [-0.4, -0.2) is 56.3 Å². The minimum atomic E-state index is -3.92. The third-order valence-electron chi connectivity index (χ3n) is 5.61. The van der Waals surface area contributed by atoms with E-state index in [1.54, 1.807) is 25.1 Å². The average molecular weight is 539 g/mol. The van der Waals surface area contributed by atoms with Crippen LogP contribution < -0.4 is 15.2 Å². The van der Waals surface area contributed by atoms with Crippen LogP contribution in [0, 0.1) is 17.8 Å². The predicted molar refractivity (Wildman–Crippen MR) is 134 cm³/mol. The Hall–Kier alpha value is -2.97. The first-order valence-electron chi connectivity index (χ1n) is 11.4. The molecule has 3 rings (SSSR count). The van der Waals surface area contributed by atoms with E-state index in [9.17, 15) is 18.0 Å². The first kappa shape index (κ1) is 27.6. The summed E-state index contributed by atoms with van der Waals surface area (Å²) in [4.78, 5) is 29.9. The summed E-state index contributed by atoms with van der Waals surface area (Å²) in [6.07, 6.45) is 1.47. The quantitative estimate of drug-likeness (QED) is 0.413. The molecule has 1 aliphatic rings. The van der Waals surface area contributed by atoms with E-state index in [0.29, 0.717) is 16.0 Å². The molecule has 3 N–H and O–H groups in total. The maximum Gasteiger partial charge on any atom is 0.328 e. The number of thiazole rings is 1. The van der Waals surface area contributed by atoms with Crippen molar-refractivity contribution in [1.29, 1.82) is 0 Å². The number of primary sulfonamides is 1. The number of hydrogen-bond acceptors (Lipinski definition) is 11. The van der Waals surface area contributed by atoms with E-state index in [0.717, 1.165) is 11.3 Å². The highest BCUT2D eigenvalue weighted by Crippen LogP contribution is 2.34. The molecule has 12 nitrogen and oxygen atoms in total. The number of amides is 1. The van der Waals surface area contributed by atoms with Crippen molar-refractivity contribution in [3.05, 3.63) is 18.2 Å². The van der Waals surface area contributed by atoms with Crippen LogP contribution in [0.25, 0.3) is 10.2 Å². The van der Waals surface area contributed by atoms with E-state index in [-0.39, 0.29) is 29.4 Å². The Kier molecular flexibility index (Phi) is 8.41. The van der Waals surface area contributed by atoms with Gasteiger partial charge in [0.15, 0.2) is 5.54 Å². The van der Waals surface area contributed by atoms with Crippen molar-refractivity contribution >= 4 is 49.7 Å². The summed E-state index contributed by atoms with van der Waals surface area (Å²) in [7, 11) is -3.92. The first-order valence-corrected chi connectivity index (χ1v) is 13.7. The van der Waals surface area contributed by atoms with Crippen molar-refractivity contribution in [2.75, 3.05) is 13.2 Å². The summed E-state index contributed by atoms with van der Waals surface area (Å²) < 4.78 is 34.7. The van der Waals surface area contributed by atoms with Crippen LogP contribution in [0.2, 0.25) is 0 Å². The number of rotatable bonds is 11. The number of carbonyl (C=O) groups is 2. The molecule has 0 bridgehead atoms. The maximum absolute atomic E-state index is 13.5. The lowest BCUT2D eigenvalue weighted by atomic mass is 9.77. The number of hydrogen-bond donors (Lipinski definition) is 2. The smallest absolute Gasteiger partial charge is 0.328 e. The van der Waals surface area contributed by atoms with Crippen molar-refractivity contribution in [3.8, 4) is 5.75 Å². The second kappa shape index (κ2) is 11.0. The monoisotopic (exact) mass is 538 g/mol. The van der Waals surface area contributed by atoms with Gasteiger partial charge in [-0.3, -0.25) is 4.79 Å². The first-order chi connectivity index (χ1) is 16.9. The molecule has 0 saturated heterocycles. The number of ether oxygens (including phenoxy) is 2. The van der Waals surface area contributed by atoms with Crippen molar-refractivity contribution in [1.82, 2.24) is 10.3 Å². The van der Waals surface area contributed by atoms with Gasteiger partial charge in [-0.15, -0.1) is 16.4 Å². The van der Waals surface area contributed by atoms with Gasteiger partial charge in [0.1, 0.15) is 18.4 Å². The number of sulfonamides is 1. The van der Waals surface area contributed by atoms with E-state index >= 15 is 0 Å². The van der Waals surface area contributed by atoms with E-state index in [1.165, 1.54) is 6.21 Å². The molecular weight excluding hydrogens is 508 g/mol. The summed E-state index contributed by atoms with van der Waals surface area (Å²) in [5.74, 6) is -1.66. The Bertz CT molecular complexity index is 1280. The highest BCUT2D eigenvalue weighted by atomic mass is 32.2. The molecule has 2 aromatic rings. The van der Waals surface area contributed by atoms with Crippen LogP contribution in [0.4, 0.5) is 0 Å². The Morgan fingerprint density at radius 2 is 1.92 bits per heavy atom. The van der Waals surface area contributed by atoms with Gasteiger partial charge < -0.3 is 14.8 Å². The zero-order valence-electron chi connectivity index (χ0n) is 20.7. The molecule has 0 radical (unpaired) electrons. The number of benzene rings is 1. The topological polar surface area (TPSA) is 175 Å². The van der Waals surface area contributed by atoms with Crippen LogP contribution >= 0.6 is 11.3 Å². The van der Waals surface area contributed by atoms with Crippen molar-refractivity contribution in [3.63, 3.8) is 0 Å². The van der Waals surface area contributed by atoms with E-state index in [4.69, 9.17) is 14.6 Å².